The molecule has 0 rings (SSSR count). The first kappa shape index (κ1) is 17.2. The lowest BCUT2D eigenvalue weighted by Crippen LogP contribution is -2.11. The van der Waals surface area contributed by atoms with Crippen molar-refractivity contribution in [2.75, 3.05) is 13.2 Å². The summed E-state index contributed by atoms with van der Waals surface area (Å²) in [6.45, 7) is 5.35. The molecule has 0 radical (unpaired) electrons. The van der Waals surface area contributed by atoms with Crippen molar-refractivity contribution in [3.05, 3.63) is 12.2 Å². The van der Waals surface area contributed by atoms with Gasteiger partial charge >= 0.3 is 17.9 Å². The molecule has 0 fully saturated rings. The third-order valence-corrected chi connectivity index (χ3v) is 2.15. The van der Waals surface area contributed by atoms with E-state index in [2.05, 4.69) is 6.58 Å². The van der Waals surface area contributed by atoms with E-state index in [-0.39, 0.29) is 32.0 Å². The van der Waals surface area contributed by atoms with Gasteiger partial charge in [-0.3, -0.25) is 9.59 Å². The molecule has 6 heteroatoms. The molecular formula is C13H20O6. The Balaban J connectivity index is 3.41. The molecule has 0 aliphatic rings. The van der Waals surface area contributed by atoms with E-state index in [4.69, 9.17) is 14.6 Å². The van der Waals surface area contributed by atoms with Gasteiger partial charge in [-0.2, -0.15) is 0 Å². The number of rotatable bonds is 10. The highest BCUT2D eigenvalue weighted by molar-refractivity contribution is 5.86. The van der Waals surface area contributed by atoms with E-state index in [1.54, 1.807) is 6.92 Å². The molecule has 6 nitrogen and oxygen atoms in total. The molecule has 108 valence electrons. The first-order valence-corrected chi connectivity index (χ1v) is 6.13. The SMILES string of the molecule is C=C(C)C(=O)OCCCOC(=O)CCCCC(=O)O. The maximum atomic E-state index is 11.2. The van der Waals surface area contributed by atoms with Gasteiger partial charge in [-0.05, 0) is 19.8 Å². The van der Waals surface area contributed by atoms with E-state index in [1.807, 2.05) is 0 Å². The zero-order chi connectivity index (χ0) is 14.7. The molecule has 0 aliphatic carbocycles. The lowest BCUT2D eigenvalue weighted by molar-refractivity contribution is -0.145. The second-order valence-electron chi connectivity index (χ2n) is 4.09. The van der Waals surface area contributed by atoms with E-state index in [0.717, 1.165) is 0 Å². The smallest absolute Gasteiger partial charge is 0.333 e. The van der Waals surface area contributed by atoms with Crippen molar-refractivity contribution >= 4 is 17.9 Å². The van der Waals surface area contributed by atoms with Crippen molar-refractivity contribution in [3.8, 4) is 0 Å². The predicted octanol–water partition coefficient (Wildman–Crippen LogP) is 1.68. The Morgan fingerprint density at radius 2 is 1.58 bits per heavy atom. The molecule has 0 aromatic rings. The van der Waals surface area contributed by atoms with Gasteiger partial charge in [0.1, 0.15) is 0 Å². The van der Waals surface area contributed by atoms with E-state index in [1.165, 1.54) is 0 Å². The van der Waals surface area contributed by atoms with Crippen LogP contribution in [0.15, 0.2) is 12.2 Å². The highest BCUT2D eigenvalue weighted by atomic mass is 16.5. The van der Waals surface area contributed by atoms with Gasteiger partial charge in [0, 0.05) is 24.8 Å². The van der Waals surface area contributed by atoms with Crippen LogP contribution in [0.1, 0.15) is 39.0 Å². The first-order valence-electron chi connectivity index (χ1n) is 6.13. The summed E-state index contributed by atoms with van der Waals surface area (Å²) in [7, 11) is 0. The van der Waals surface area contributed by atoms with Gasteiger partial charge in [-0.15, -0.1) is 0 Å². The molecule has 0 aromatic heterocycles. The Morgan fingerprint density at radius 3 is 2.16 bits per heavy atom. The maximum absolute atomic E-state index is 11.2. The molecule has 0 saturated heterocycles. The zero-order valence-corrected chi connectivity index (χ0v) is 11.1. The minimum Gasteiger partial charge on any atom is -0.481 e. The lowest BCUT2D eigenvalue weighted by atomic mass is 10.2. The summed E-state index contributed by atoms with van der Waals surface area (Å²) in [4.78, 5) is 32.4. The summed E-state index contributed by atoms with van der Waals surface area (Å²) < 4.78 is 9.71. The average Bonchev–Trinajstić information content (AvgIpc) is 2.33. The van der Waals surface area contributed by atoms with Crippen LogP contribution in [0.3, 0.4) is 0 Å². The number of esters is 2. The van der Waals surface area contributed by atoms with Crippen molar-refractivity contribution in [1.29, 1.82) is 0 Å². The van der Waals surface area contributed by atoms with Crippen molar-refractivity contribution in [2.45, 2.75) is 39.0 Å². The largest absolute Gasteiger partial charge is 0.481 e. The van der Waals surface area contributed by atoms with Crippen molar-refractivity contribution in [3.63, 3.8) is 0 Å². The van der Waals surface area contributed by atoms with Gasteiger partial charge in [0.2, 0.25) is 0 Å². The normalized spacial score (nSPS) is 9.74. The molecule has 0 spiro atoms. The first-order chi connectivity index (χ1) is 8.93. The quantitative estimate of drug-likeness (QED) is 0.370. The van der Waals surface area contributed by atoms with Crippen LogP contribution >= 0.6 is 0 Å². The standard InChI is InChI=1S/C13H20O6/c1-10(2)13(17)19-9-5-8-18-12(16)7-4-3-6-11(14)15/h1,3-9H2,2H3,(H,14,15). The number of ether oxygens (including phenoxy) is 2. The molecule has 0 unspecified atom stereocenters. The third kappa shape index (κ3) is 11.0. The van der Waals surface area contributed by atoms with Gasteiger partial charge in [0.05, 0.1) is 13.2 Å². The monoisotopic (exact) mass is 272 g/mol. The fourth-order valence-electron chi connectivity index (χ4n) is 1.15. The summed E-state index contributed by atoms with van der Waals surface area (Å²) >= 11 is 0. The number of hydrogen-bond acceptors (Lipinski definition) is 5. The number of carboxylic acids is 1. The van der Waals surface area contributed by atoms with E-state index in [9.17, 15) is 14.4 Å². The second-order valence-corrected chi connectivity index (χ2v) is 4.09. The minimum atomic E-state index is -0.868. The topological polar surface area (TPSA) is 89.9 Å². The Bertz CT molecular complexity index is 334. The molecule has 0 aromatic carbocycles. The Labute approximate surface area is 112 Å². The van der Waals surface area contributed by atoms with E-state index in [0.29, 0.717) is 24.8 Å². The van der Waals surface area contributed by atoms with Gasteiger partial charge in [-0.1, -0.05) is 6.58 Å². The molecule has 19 heavy (non-hydrogen) atoms. The van der Waals surface area contributed by atoms with Crippen molar-refractivity contribution in [2.24, 2.45) is 0 Å². The molecule has 0 atom stereocenters. The number of carbonyl (C=O) groups is 3. The number of unbranched alkanes of at least 4 members (excludes halogenated alkanes) is 1. The summed E-state index contributed by atoms with van der Waals surface area (Å²) in [5, 5.41) is 8.40. The minimum absolute atomic E-state index is 0.0597. The van der Waals surface area contributed by atoms with Crippen LogP contribution in [-0.4, -0.2) is 36.2 Å². The third-order valence-electron chi connectivity index (χ3n) is 2.15. The van der Waals surface area contributed by atoms with Gasteiger partial charge in [0.25, 0.3) is 0 Å². The lowest BCUT2D eigenvalue weighted by Gasteiger charge is -2.05. The summed E-state index contributed by atoms with van der Waals surface area (Å²) in [6.07, 6.45) is 1.65. The zero-order valence-electron chi connectivity index (χ0n) is 11.1. The van der Waals surface area contributed by atoms with Gasteiger partial charge < -0.3 is 14.6 Å². The van der Waals surface area contributed by atoms with Crippen molar-refractivity contribution < 1.29 is 29.0 Å². The van der Waals surface area contributed by atoms with Crippen LogP contribution in [-0.2, 0) is 23.9 Å². The number of aliphatic carboxylic acids is 1. The molecular weight excluding hydrogens is 252 g/mol. The van der Waals surface area contributed by atoms with Gasteiger partial charge in [0.15, 0.2) is 0 Å². The number of carbonyl (C=O) groups excluding carboxylic acids is 2. The average molecular weight is 272 g/mol. The van der Waals surface area contributed by atoms with Gasteiger partial charge in [-0.25, -0.2) is 4.79 Å². The van der Waals surface area contributed by atoms with Crippen LogP contribution in [0.4, 0.5) is 0 Å². The fraction of sp³-hybridized carbons (Fsp3) is 0.615. The summed E-state index contributed by atoms with van der Waals surface area (Å²) in [5.74, 6) is -1.69. The fourth-order valence-corrected chi connectivity index (χ4v) is 1.15. The summed E-state index contributed by atoms with van der Waals surface area (Å²) in [6, 6.07) is 0. The van der Waals surface area contributed by atoms with Crippen LogP contribution < -0.4 is 0 Å². The van der Waals surface area contributed by atoms with Crippen LogP contribution in [0, 0.1) is 0 Å². The molecule has 0 aliphatic heterocycles. The van der Waals surface area contributed by atoms with Crippen LogP contribution in [0.25, 0.3) is 0 Å². The molecule has 1 N–H and O–H groups in total. The number of hydrogen-bond donors (Lipinski definition) is 1. The van der Waals surface area contributed by atoms with Crippen molar-refractivity contribution in [1.82, 2.24) is 0 Å². The van der Waals surface area contributed by atoms with Crippen LogP contribution in [0.2, 0.25) is 0 Å². The molecule has 0 heterocycles. The maximum Gasteiger partial charge on any atom is 0.333 e. The molecule has 0 amide bonds. The molecule has 0 bridgehead atoms. The number of carboxylic acid groups (broad SMARTS) is 1. The second kappa shape index (κ2) is 10.1. The summed E-state index contributed by atoms with van der Waals surface area (Å²) in [5.41, 5.74) is 0.329. The predicted molar refractivity (Wildman–Crippen MR) is 67.5 cm³/mol. The Hall–Kier alpha value is -1.85. The molecule has 0 saturated carbocycles. The van der Waals surface area contributed by atoms with Crippen LogP contribution in [0.5, 0.6) is 0 Å². The van der Waals surface area contributed by atoms with E-state index < -0.39 is 11.9 Å². The Morgan fingerprint density at radius 1 is 1.00 bits per heavy atom. The Kier molecular flexibility index (Phi) is 9.12. The highest BCUT2D eigenvalue weighted by Crippen LogP contribution is 2.02. The highest BCUT2D eigenvalue weighted by Gasteiger charge is 2.05. The van der Waals surface area contributed by atoms with E-state index >= 15 is 0 Å².